The van der Waals surface area contributed by atoms with Gasteiger partial charge in [0.2, 0.25) is 0 Å². The van der Waals surface area contributed by atoms with Crippen molar-refractivity contribution in [3.63, 3.8) is 0 Å². The van der Waals surface area contributed by atoms with Crippen LogP contribution in [0.1, 0.15) is 52.9 Å². The van der Waals surface area contributed by atoms with Crippen LogP contribution < -0.4 is 0 Å². The molecule has 0 nitrogen and oxygen atoms in total. The van der Waals surface area contributed by atoms with E-state index >= 15 is 0 Å². The summed E-state index contributed by atoms with van der Waals surface area (Å²) in [5, 5.41) is 0. The van der Waals surface area contributed by atoms with Gasteiger partial charge in [-0.1, -0.05) is 30.7 Å². The predicted octanol–water partition coefficient (Wildman–Crippen LogP) is 4.73. The lowest BCUT2D eigenvalue weighted by atomic mass is 9.85. The van der Waals surface area contributed by atoms with E-state index in [-0.39, 0.29) is 0 Å². The van der Waals surface area contributed by atoms with Crippen LogP contribution in [0.15, 0.2) is 23.8 Å². The van der Waals surface area contributed by atoms with Gasteiger partial charge >= 0.3 is 0 Å². The van der Waals surface area contributed by atoms with Crippen LogP contribution in [0.2, 0.25) is 0 Å². The highest BCUT2D eigenvalue weighted by Crippen LogP contribution is 2.69. The number of fused-ring (bicyclic) bond motifs is 1. The Morgan fingerprint density at radius 3 is 2.80 bits per heavy atom. The second-order valence-electron chi connectivity index (χ2n) is 5.91. The Labute approximate surface area is 94.5 Å². The fourth-order valence-electron chi connectivity index (χ4n) is 3.42. The Kier molecular flexibility index (Phi) is 2.79. The Morgan fingerprint density at radius 2 is 2.33 bits per heavy atom. The molecule has 2 fully saturated rings. The first-order valence-electron chi connectivity index (χ1n) is 6.37. The van der Waals surface area contributed by atoms with Crippen LogP contribution >= 0.6 is 0 Å². The number of hydrogen-bond donors (Lipinski definition) is 0. The summed E-state index contributed by atoms with van der Waals surface area (Å²) in [6.45, 7) is 11.0. The smallest absolute Gasteiger partial charge is 0.0141 e. The van der Waals surface area contributed by atoms with Crippen LogP contribution in [0.3, 0.4) is 0 Å². The topological polar surface area (TPSA) is 0 Å². The van der Waals surface area contributed by atoms with Gasteiger partial charge in [0, 0.05) is 0 Å². The minimum absolute atomic E-state index is 0.701. The molecule has 0 aliphatic heterocycles. The van der Waals surface area contributed by atoms with Crippen molar-refractivity contribution in [2.24, 2.45) is 17.3 Å². The highest BCUT2D eigenvalue weighted by atomic mass is 14.6. The summed E-state index contributed by atoms with van der Waals surface area (Å²) in [5.41, 5.74) is 3.71. The molecule has 2 aliphatic carbocycles. The van der Waals surface area contributed by atoms with E-state index in [1.165, 1.54) is 37.7 Å². The van der Waals surface area contributed by atoms with Crippen molar-refractivity contribution in [2.75, 3.05) is 0 Å². The maximum absolute atomic E-state index is 4.20. The molecular formula is C15H24. The summed E-state index contributed by atoms with van der Waals surface area (Å²) in [6.07, 6.45) is 9.19. The molecule has 15 heavy (non-hydrogen) atoms. The van der Waals surface area contributed by atoms with Crippen LogP contribution in [0.4, 0.5) is 0 Å². The van der Waals surface area contributed by atoms with E-state index in [9.17, 15) is 0 Å². The van der Waals surface area contributed by atoms with Crippen molar-refractivity contribution in [1.82, 2.24) is 0 Å². The van der Waals surface area contributed by atoms with Crippen molar-refractivity contribution in [3.05, 3.63) is 23.8 Å². The molecule has 0 saturated heterocycles. The molecule has 2 rings (SSSR count). The quantitative estimate of drug-likeness (QED) is 0.581. The van der Waals surface area contributed by atoms with Gasteiger partial charge < -0.3 is 0 Å². The normalized spacial score (nSPS) is 34.9. The molecule has 0 bridgehead atoms. The third-order valence-electron chi connectivity index (χ3n) is 4.66. The van der Waals surface area contributed by atoms with E-state index in [4.69, 9.17) is 0 Å². The van der Waals surface area contributed by atoms with Crippen LogP contribution in [-0.4, -0.2) is 0 Å². The van der Waals surface area contributed by atoms with E-state index < -0.39 is 0 Å². The van der Waals surface area contributed by atoms with Gasteiger partial charge in [-0.15, -0.1) is 0 Å². The zero-order chi connectivity index (χ0) is 11.1. The van der Waals surface area contributed by atoms with Crippen LogP contribution in [-0.2, 0) is 0 Å². The molecule has 0 amide bonds. The SMILES string of the molecule is C=C1CC[C@]2([C@H](C)CCC=C(C)C)C[C@H]12. The molecule has 84 valence electrons. The zero-order valence-corrected chi connectivity index (χ0v) is 10.5. The second-order valence-corrected chi connectivity index (χ2v) is 5.91. The van der Waals surface area contributed by atoms with E-state index in [1.54, 1.807) is 5.57 Å². The van der Waals surface area contributed by atoms with Crippen molar-refractivity contribution in [2.45, 2.75) is 52.9 Å². The minimum atomic E-state index is 0.701. The van der Waals surface area contributed by atoms with Crippen LogP contribution in [0.5, 0.6) is 0 Å². The van der Waals surface area contributed by atoms with Crippen LogP contribution in [0, 0.1) is 17.3 Å². The Balaban J connectivity index is 1.85. The first-order valence-corrected chi connectivity index (χ1v) is 6.37. The summed E-state index contributed by atoms with van der Waals surface area (Å²) in [4.78, 5) is 0. The molecule has 0 unspecified atom stereocenters. The average Bonchev–Trinajstić information content (AvgIpc) is 2.82. The average molecular weight is 204 g/mol. The predicted molar refractivity (Wildman–Crippen MR) is 66.7 cm³/mol. The molecule has 0 spiro atoms. The molecule has 0 aromatic carbocycles. The number of allylic oxidation sites excluding steroid dienone is 3. The van der Waals surface area contributed by atoms with Crippen molar-refractivity contribution < 1.29 is 0 Å². The summed E-state index contributed by atoms with van der Waals surface area (Å²) >= 11 is 0. The lowest BCUT2D eigenvalue weighted by Gasteiger charge is -2.20. The standard InChI is InChI=1S/C15H24/c1-11(2)6-5-7-13(4)15-9-8-12(3)14(15)10-15/h6,13-14H,3,5,7-10H2,1-2,4H3/t13-,14-,15-/m1/s1. The van der Waals surface area contributed by atoms with Gasteiger partial charge in [0.15, 0.2) is 0 Å². The van der Waals surface area contributed by atoms with Gasteiger partial charge in [0.1, 0.15) is 0 Å². The molecular weight excluding hydrogens is 180 g/mol. The summed E-state index contributed by atoms with van der Waals surface area (Å²) in [5.74, 6) is 1.80. The maximum Gasteiger partial charge on any atom is -0.0141 e. The lowest BCUT2D eigenvalue weighted by Crippen LogP contribution is -2.11. The second kappa shape index (κ2) is 3.81. The van der Waals surface area contributed by atoms with Gasteiger partial charge in [-0.3, -0.25) is 0 Å². The molecule has 2 saturated carbocycles. The monoisotopic (exact) mass is 204 g/mol. The fourth-order valence-corrected chi connectivity index (χ4v) is 3.42. The highest BCUT2D eigenvalue weighted by Gasteiger charge is 2.60. The lowest BCUT2D eigenvalue weighted by molar-refractivity contribution is 0.302. The first kappa shape index (κ1) is 11.0. The van der Waals surface area contributed by atoms with Gasteiger partial charge in [0.05, 0.1) is 0 Å². The third kappa shape index (κ3) is 1.91. The van der Waals surface area contributed by atoms with Crippen LogP contribution in [0.25, 0.3) is 0 Å². The molecule has 2 aliphatic rings. The van der Waals surface area contributed by atoms with E-state index in [1.807, 2.05) is 0 Å². The molecule has 0 N–H and O–H groups in total. The maximum atomic E-state index is 4.20. The molecule has 0 heteroatoms. The van der Waals surface area contributed by atoms with Gasteiger partial charge in [-0.25, -0.2) is 0 Å². The molecule has 0 aromatic heterocycles. The van der Waals surface area contributed by atoms with E-state index in [0.717, 1.165) is 11.8 Å². The number of hydrogen-bond acceptors (Lipinski definition) is 0. The van der Waals surface area contributed by atoms with Crippen molar-refractivity contribution in [1.29, 1.82) is 0 Å². The van der Waals surface area contributed by atoms with Crippen molar-refractivity contribution in [3.8, 4) is 0 Å². The molecule has 0 aromatic rings. The summed E-state index contributed by atoms with van der Waals surface area (Å²) < 4.78 is 0. The zero-order valence-electron chi connectivity index (χ0n) is 10.5. The Bertz CT molecular complexity index is 293. The summed E-state index contributed by atoms with van der Waals surface area (Å²) in [6, 6.07) is 0. The van der Waals surface area contributed by atoms with E-state index in [0.29, 0.717) is 5.41 Å². The summed E-state index contributed by atoms with van der Waals surface area (Å²) in [7, 11) is 0. The van der Waals surface area contributed by atoms with E-state index in [2.05, 4.69) is 33.4 Å². The third-order valence-corrected chi connectivity index (χ3v) is 4.66. The molecule has 3 atom stereocenters. The highest BCUT2D eigenvalue weighted by molar-refractivity contribution is 5.26. The Morgan fingerprint density at radius 1 is 1.60 bits per heavy atom. The molecule has 0 heterocycles. The molecule has 0 radical (unpaired) electrons. The largest absolute Gasteiger partial charge is 0.0996 e. The van der Waals surface area contributed by atoms with Gasteiger partial charge in [-0.2, -0.15) is 0 Å². The van der Waals surface area contributed by atoms with Gasteiger partial charge in [0.25, 0.3) is 0 Å². The first-order chi connectivity index (χ1) is 7.06. The Hall–Kier alpha value is -0.520. The number of rotatable bonds is 4. The van der Waals surface area contributed by atoms with Gasteiger partial charge in [-0.05, 0) is 63.2 Å². The fraction of sp³-hybridized carbons (Fsp3) is 0.733. The minimum Gasteiger partial charge on any atom is -0.0996 e. The van der Waals surface area contributed by atoms with Crippen molar-refractivity contribution >= 4 is 0 Å².